The standard InChI is InChI=1S/2C18H15OP.3C14H8F6N.2C7H8.U/c2*19-20(16-10-4-1-5-11-16,17-12-6-2-7-13-17)18-14-8-3-9-15-18;3*15-13(16,17)9-6-10(14(18,19)20)8-12(7-9)21-11-4-2-1-3-5-11;2*1-7-5-3-2-4-6-7;/h2*1-15H;3*1-8H;2*2-6H,1H3;/q;;3*-1;;;+3. The van der Waals surface area contributed by atoms with Gasteiger partial charge in [-0.1, -0.05) is 381 Å². The van der Waals surface area contributed by atoms with Crippen molar-refractivity contribution in [2.24, 2.45) is 0 Å². The van der Waals surface area contributed by atoms with Gasteiger partial charge in [0.1, 0.15) is 0 Å². The number of benzene rings is 14. The van der Waals surface area contributed by atoms with Gasteiger partial charge in [-0.25, -0.2) is 0 Å². The Morgan fingerprint density at radius 1 is 0.186 bits per heavy atom. The van der Waals surface area contributed by atoms with Crippen LogP contribution >= 0.6 is 14.3 Å². The van der Waals surface area contributed by atoms with Gasteiger partial charge in [-0.2, -0.15) is 79.0 Å². The van der Waals surface area contributed by atoms with Crippen LogP contribution in [0.4, 0.5) is 113 Å². The summed E-state index contributed by atoms with van der Waals surface area (Å²) in [6, 6.07) is 106. The molecule has 0 heterocycles. The molecule has 0 atom stereocenters. The number of halogens is 18. The minimum atomic E-state index is -4.87. The van der Waals surface area contributed by atoms with Crippen LogP contribution in [0.15, 0.2) is 388 Å². The molecule has 0 aromatic heterocycles. The Bertz CT molecular complexity index is 4660. The third-order valence-electron chi connectivity index (χ3n) is 16.4. The van der Waals surface area contributed by atoms with Crippen molar-refractivity contribution in [2.45, 2.75) is 50.9 Å². The molecule has 0 aliphatic heterocycles. The average molecular weight is 1890 g/mol. The van der Waals surface area contributed by atoms with Crippen molar-refractivity contribution < 1.29 is 119 Å². The van der Waals surface area contributed by atoms with E-state index < -0.39 is 102 Å². The summed E-state index contributed by atoms with van der Waals surface area (Å²) in [7, 11) is -5.55. The molecule has 1 radical (unpaired) electrons. The van der Waals surface area contributed by atoms with Crippen LogP contribution in [0.2, 0.25) is 0 Å². The molecule has 0 amide bonds. The summed E-state index contributed by atoms with van der Waals surface area (Å²) in [6.45, 7) is 4.17. The van der Waals surface area contributed by atoms with Crippen molar-refractivity contribution in [3.63, 3.8) is 0 Å². The smallest absolute Gasteiger partial charge is 0.658 e. The van der Waals surface area contributed by atoms with Crippen LogP contribution in [-0.2, 0) is 46.2 Å². The quantitative estimate of drug-likeness (QED) is 0.0903. The van der Waals surface area contributed by atoms with E-state index in [0.29, 0.717) is 36.4 Å². The Labute approximate surface area is 694 Å². The molecule has 0 aliphatic rings. The number of alkyl halides is 18. The van der Waals surface area contributed by atoms with E-state index in [1.165, 1.54) is 47.5 Å². The van der Waals surface area contributed by atoms with Crippen LogP contribution in [0.25, 0.3) is 16.0 Å². The summed E-state index contributed by atoms with van der Waals surface area (Å²) in [5.74, 6) is 0. The van der Waals surface area contributed by atoms with E-state index in [-0.39, 0.29) is 66.4 Å². The van der Waals surface area contributed by atoms with Gasteiger partial charge in [0.2, 0.25) is 0 Å². The molecule has 14 rings (SSSR count). The molecule has 0 saturated heterocycles. The third-order valence-corrected chi connectivity index (χ3v) is 22.5. The van der Waals surface area contributed by atoms with Gasteiger partial charge in [0.25, 0.3) is 0 Å². The molecule has 14 aromatic rings. The molecule has 14 aromatic carbocycles. The molecular formula is C92H70F18N3O2P2U. The van der Waals surface area contributed by atoms with Crippen LogP contribution in [0.5, 0.6) is 0 Å². The van der Waals surface area contributed by atoms with Crippen molar-refractivity contribution in [2.75, 3.05) is 0 Å². The van der Waals surface area contributed by atoms with Crippen LogP contribution in [-0.4, -0.2) is 0 Å². The van der Waals surface area contributed by atoms with Gasteiger partial charge in [-0.05, 0) is 32.0 Å². The van der Waals surface area contributed by atoms with E-state index in [1.54, 1.807) is 54.6 Å². The van der Waals surface area contributed by atoms with E-state index in [1.807, 2.05) is 218 Å². The maximum Gasteiger partial charge on any atom is 3.00 e. The van der Waals surface area contributed by atoms with E-state index in [0.717, 1.165) is 31.8 Å². The zero-order chi connectivity index (χ0) is 84.9. The number of para-hydroxylation sites is 3. The number of hydrogen-bond donors (Lipinski definition) is 0. The van der Waals surface area contributed by atoms with Gasteiger partial charge in [-0.3, -0.25) is 0 Å². The maximum absolute atomic E-state index is 13.8. The summed E-state index contributed by atoms with van der Waals surface area (Å²) in [5.41, 5.74) is -6.04. The predicted molar refractivity (Wildman–Crippen MR) is 431 cm³/mol. The molecule has 0 saturated carbocycles. The summed E-state index contributed by atoms with van der Waals surface area (Å²) in [6.07, 6.45) is -29.2. The second kappa shape index (κ2) is 43.3. The minimum Gasteiger partial charge on any atom is -0.658 e. The monoisotopic (exact) mass is 1890 g/mol. The Kier molecular flexibility index (Phi) is 34.4. The fourth-order valence-corrected chi connectivity index (χ4v) is 16.1. The summed E-state index contributed by atoms with van der Waals surface area (Å²) < 4.78 is 256. The van der Waals surface area contributed by atoms with Gasteiger partial charge in [0.05, 0.1) is 33.4 Å². The molecular weight excluding hydrogens is 1820 g/mol. The van der Waals surface area contributed by atoms with E-state index >= 15 is 0 Å². The van der Waals surface area contributed by atoms with Crippen LogP contribution < -0.4 is 31.8 Å². The van der Waals surface area contributed by atoms with E-state index in [2.05, 4.69) is 54.1 Å². The second-order valence-corrected chi connectivity index (χ2v) is 30.7. The van der Waals surface area contributed by atoms with E-state index in [4.69, 9.17) is 0 Å². The molecule has 5 nitrogen and oxygen atoms in total. The maximum atomic E-state index is 13.8. The topological polar surface area (TPSA) is 76.4 Å². The zero-order valence-electron chi connectivity index (χ0n) is 62.3. The summed E-state index contributed by atoms with van der Waals surface area (Å²) in [5, 5.41) is 16.6. The molecule has 26 heteroatoms. The van der Waals surface area contributed by atoms with Crippen molar-refractivity contribution in [1.29, 1.82) is 0 Å². The number of hydrogen-bond acceptors (Lipinski definition) is 2. The first-order valence-electron chi connectivity index (χ1n) is 35.2. The predicted octanol–water partition coefficient (Wildman–Crippen LogP) is 28.8. The first-order chi connectivity index (χ1) is 55.4. The molecule has 0 fully saturated rings. The van der Waals surface area contributed by atoms with E-state index in [9.17, 15) is 88.2 Å². The minimum absolute atomic E-state index is 0. The molecule has 0 spiro atoms. The van der Waals surface area contributed by atoms with Crippen molar-refractivity contribution in [1.82, 2.24) is 0 Å². The summed E-state index contributed by atoms with van der Waals surface area (Å²) in [4.78, 5) is 0. The van der Waals surface area contributed by atoms with Gasteiger partial charge < -0.3 is 25.1 Å². The number of aryl methyl sites for hydroxylation is 2. The van der Waals surface area contributed by atoms with Gasteiger partial charge in [0, 0.05) is 31.8 Å². The van der Waals surface area contributed by atoms with Gasteiger partial charge in [0.15, 0.2) is 14.3 Å². The fourth-order valence-electron chi connectivity index (χ4n) is 10.8. The first kappa shape index (κ1) is 93.9. The number of nitrogens with zero attached hydrogens (tertiary/aromatic N) is 3. The van der Waals surface area contributed by atoms with Crippen molar-refractivity contribution >= 4 is 80.2 Å². The van der Waals surface area contributed by atoms with Gasteiger partial charge >= 0.3 is 68.2 Å². The van der Waals surface area contributed by atoms with Crippen LogP contribution in [0.3, 0.4) is 0 Å². The van der Waals surface area contributed by atoms with Gasteiger partial charge in [-0.15, -0.1) is 34.1 Å². The van der Waals surface area contributed by atoms with Crippen molar-refractivity contribution in [3.8, 4) is 0 Å². The number of rotatable bonds is 12. The first-order valence-corrected chi connectivity index (χ1v) is 38.6. The SMILES string of the molecule is Cc1ccccc1.Cc1ccccc1.FC(F)(F)c1cc([N-]c2ccccc2)cc(C(F)(F)F)c1.FC(F)(F)c1cc([N-]c2ccccc2)cc(C(F)(F)F)c1.FC(F)(F)c1cc([N-]c2ccccc2)cc(C(F)(F)F)c1.O=P(c1ccccc1)(c1ccccc1)c1ccccc1.O=P(c1ccccc1)(c1ccccc1)c1ccccc1.[U+3]. The molecule has 118 heavy (non-hydrogen) atoms. The Morgan fingerprint density at radius 2 is 0.314 bits per heavy atom. The second-order valence-electron chi connectivity index (χ2n) is 25.2. The van der Waals surface area contributed by atoms with Crippen LogP contribution in [0, 0.1) is 45.0 Å². The third kappa shape index (κ3) is 29.1. The normalized spacial score (nSPS) is 11.4. The zero-order valence-corrected chi connectivity index (χ0v) is 68.3. The molecule has 0 unspecified atom stereocenters. The molecule has 0 aliphatic carbocycles. The fraction of sp³-hybridized carbons (Fsp3) is 0.0870. The Hall–Kier alpha value is -11.3. The Morgan fingerprint density at radius 3 is 0.432 bits per heavy atom. The van der Waals surface area contributed by atoms with Crippen LogP contribution in [0.1, 0.15) is 44.5 Å². The van der Waals surface area contributed by atoms with Crippen molar-refractivity contribution in [3.05, 3.63) is 449 Å². The summed E-state index contributed by atoms with van der Waals surface area (Å²) >= 11 is 0. The average Bonchev–Trinajstić information content (AvgIpc) is 0.748. The largest absolute Gasteiger partial charge is 3.00 e. The molecule has 0 N–H and O–H groups in total. The Balaban J connectivity index is 0.000000195. The molecule has 0 bridgehead atoms. The molecule has 605 valence electrons.